The molecule has 0 aromatic rings. The highest BCUT2D eigenvalue weighted by Gasteiger charge is 2.63. The van der Waals surface area contributed by atoms with Crippen LogP contribution in [0.3, 0.4) is 0 Å². The van der Waals surface area contributed by atoms with E-state index >= 15 is 0 Å². The Kier molecular flexibility index (Phi) is 1.11. The van der Waals surface area contributed by atoms with Crippen LogP contribution in [-0.4, -0.2) is 0 Å². The summed E-state index contributed by atoms with van der Waals surface area (Å²) in [5.74, 6) is 5.57. The molecule has 0 amide bonds. The number of fused-ring (bicyclic) bond motifs is 1. The Morgan fingerprint density at radius 3 is 2.77 bits per heavy atom. The molecule has 70 valence electrons. The van der Waals surface area contributed by atoms with Crippen molar-refractivity contribution in [3.63, 3.8) is 0 Å². The zero-order valence-electron chi connectivity index (χ0n) is 8.42. The normalized spacial score (nSPS) is 55.6. The predicted molar refractivity (Wildman–Crippen MR) is 53.2 cm³/mol. The van der Waals surface area contributed by atoms with Gasteiger partial charge in [-0.2, -0.15) is 0 Å². The van der Waals surface area contributed by atoms with Gasteiger partial charge >= 0.3 is 0 Å². The van der Waals surface area contributed by atoms with E-state index in [-0.39, 0.29) is 0 Å². The largest absolute Gasteiger partial charge is 0.0664 e. The molecule has 6 aliphatic rings. The fourth-order valence-electron chi connectivity index (χ4n) is 5.23. The Hall–Kier alpha value is -0.260. The van der Waals surface area contributed by atoms with Gasteiger partial charge in [0.05, 0.1) is 0 Å². The van der Waals surface area contributed by atoms with E-state index in [1.54, 1.807) is 19.3 Å². The van der Waals surface area contributed by atoms with Crippen LogP contribution in [0.4, 0.5) is 0 Å². The van der Waals surface area contributed by atoms with E-state index in [4.69, 9.17) is 0 Å². The summed E-state index contributed by atoms with van der Waals surface area (Å²) in [6.07, 6.45) is 7.58. The standard InChI is InChI=1S/C13H18/c1-2-7-3-4-8-11(7)13-9-5-6-10(13)12(8)9/h7-9,11,13H,2-6H2,1H3. The first kappa shape index (κ1) is 7.09. The SMILES string of the molecule is CCC1CCC2C3=C4CCC3C4C12. The van der Waals surface area contributed by atoms with Gasteiger partial charge in [0, 0.05) is 0 Å². The molecule has 0 saturated heterocycles. The van der Waals surface area contributed by atoms with Gasteiger partial charge in [0.15, 0.2) is 0 Å². The van der Waals surface area contributed by atoms with E-state index < -0.39 is 0 Å². The fourth-order valence-corrected chi connectivity index (χ4v) is 5.23. The van der Waals surface area contributed by atoms with Crippen LogP contribution in [0, 0.1) is 29.6 Å². The van der Waals surface area contributed by atoms with Crippen LogP contribution in [-0.2, 0) is 0 Å². The van der Waals surface area contributed by atoms with Crippen LogP contribution >= 0.6 is 0 Å². The number of hydrogen-bond acceptors (Lipinski definition) is 0. The van der Waals surface area contributed by atoms with Gasteiger partial charge in [-0.1, -0.05) is 24.5 Å². The second-order valence-electron chi connectivity index (χ2n) is 5.58. The van der Waals surface area contributed by atoms with Crippen molar-refractivity contribution in [2.75, 3.05) is 0 Å². The maximum Gasteiger partial charge on any atom is -0.00977 e. The summed E-state index contributed by atoms with van der Waals surface area (Å²) in [7, 11) is 0. The third-order valence-electron chi connectivity index (χ3n) is 5.53. The Labute approximate surface area is 80.4 Å². The van der Waals surface area contributed by atoms with Gasteiger partial charge in [-0.25, -0.2) is 0 Å². The Morgan fingerprint density at radius 1 is 1.15 bits per heavy atom. The quantitative estimate of drug-likeness (QED) is 0.534. The van der Waals surface area contributed by atoms with Crippen LogP contribution in [0.1, 0.15) is 39.0 Å². The summed E-state index contributed by atoms with van der Waals surface area (Å²) in [4.78, 5) is 0. The lowest BCUT2D eigenvalue weighted by molar-refractivity contribution is 0.279. The molecule has 13 heavy (non-hydrogen) atoms. The first-order chi connectivity index (χ1) is 6.42. The van der Waals surface area contributed by atoms with Crippen molar-refractivity contribution in [1.82, 2.24) is 0 Å². The minimum absolute atomic E-state index is 1.09. The summed E-state index contributed by atoms with van der Waals surface area (Å²) in [6.45, 7) is 2.40. The highest BCUT2D eigenvalue weighted by atomic mass is 14.7. The lowest BCUT2D eigenvalue weighted by atomic mass is 9.75. The van der Waals surface area contributed by atoms with Crippen LogP contribution in [0.2, 0.25) is 0 Å². The van der Waals surface area contributed by atoms with E-state index in [1.165, 1.54) is 12.8 Å². The number of allylic oxidation sites excluding steroid dienone is 2. The summed E-state index contributed by atoms with van der Waals surface area (Å²) in [5.41, 5.74) is 3.95. The van der Waals surface area contributed by atoms with Crippen molar-refractivity contribution in [2.24, 2.45) is 29.6 Å². The van der Waals surface area contributed by atoms with E-state index in [9.17, 15) is 0 Å². The van der Waals surface area contributed by atoms with E-state index in [2.05, 4.69) is 6.92 Å². The third-order valence-corrected chi connectivity index (χ3v) is 5.53. The molecule has 0 radical (unpaired) electrons. The molecule has 5 atom stereocenters. The molecule has 6 aliphatic carbocycles. The van der Waals surface area contributed by atoms with Crippen LogP contribution in [0.5, 0.6) is 0 Å². The van der Waals surface area contributed by atoms with Crippen LogP contribution in [0.15, 0.2) is 11.1 Å². The molecule has 0 heterocycles. The van der Waals surface area contributed by atoms with Crippen molar-refractivity contribution in [3.05, 3.63) is 11.1 Å². The average molecular weight is 174 g/mol. The van der Waals surface area contributed by atoms with E-state index in [0.29, 0.717) is 0 Å². The highest BCUT2D eigenvalue weighted by Crippen LogP contribution is 2.72. The van der Waals surface area contributed by atoms with E-state index in [0.717, 1.165) is 29.6 Å². The summed E-state index contributed by atoms with van der Waals surface area (Å²) < 4.78 is 0. The topological polar surface area (TPSA) is 0 Å². The molecule has 0 heteroatoms. The molecular weight excluding hydrogens is 156 g/mol. The first-order valence-electron chi connectivity index (χ1n) is 6.14. The molecule has 6 rings (SSSR count). The molecule has 3 fully saturated rings. The maximum atomic E-state index is 2.40. The van der Waals surface area contributed by atoms with Gasteiger partial charge < -0.3 is 0 Å². The Morgan fingerprint density at radius 2 is 2.08 bits per heavy atom. The van der Waals surface area contributed by atoms with Crippen LogP contribution < -0.4 is 0 Å². The second kappa shape index (κ2) is 2.04. The second-order valence-corrected chi connectivity index (χ2v) is 5.58. The molecule has 4 bridgehead atoms. The van der Waals surface area contributed by atoms with Crippen LogP contribution in [0.25, 0.3) is 0 Å². The fraction of sp³-hybridized carbons (Fsp3) is 0.846. The number of hydrogen-bond donors (Lipinski definition) is 0. The summed E-state index contributed by atoms with van der Waals surface area (Å²) in [6, 6.07) is 0. The average Bonchev–Trinajstić information content (AvgIpc) is 2.83. The molecule has 0 nitrogen and oxygen atoms in total. The minimum Gasteiger partial charge on any atom is -0.0664 e. The third kappa shape index (κ3) is 0.582. The molecule has 3 saturated carbocycles. The summed E-state index contributed by atoms with van der Waals surface area (Å²) in [5, 5.41) is 0. The monoisotopic (exact) mass is 174 g/mol. The highest BCUT2D eigenvalue weighted by molar-refractivity contribution is 5.47. The molecule has 5 unspecified atom stereocenters. The van der Waals surface area contributed by atoms with Gasteiger partial charge in [-0.05, 0) is 55.3 Å². The molecule has 0 aromatic heterocycles. The first-order valence-corrected chi connectivity index (χ1v) is 6.14. The van der Waals surface area contributed by atoms with E-state index in [1.807, 2.05) is 11.1 Å². The molecular formula is C13H18. The van der Waals surface area contributed by atoms with Crippen molar-refractivity contribution in [2.45, 2.75) is 39.0 Å². The lowest BCUT2D eigenvalue weighted by Gasteiger charge is -2.29. The van der Waals surface area contributed by atoms with Crippen molar-refractivity contribution in [1.29, 1.82) is 0 Å². The summed E-state index contributed by atoms with van der Waals surface area (Å²) >= 11 is 0. The van der Waals surface area contributed by atoms with Crippen molar-refractivity contribution < 1.29 is 0 Å². The zero-order valence-corrected chi connectivity index (χ0v) is 8.42. The Balaban J connectivity index is 1.75. The van der Waals surface area contributed by atoms with Gasteiger partial charge in [-0.3, -0.25) is 0 Å². The zero-order chi connectivity index (χ0) is 8.58. The lowest BCUT2D eigenvalue weighted by Crippen LogP contribution is -2.21. The minimum atomic E-state index is 1.09. The maximum absolute atomic E-state index is 2.40. The van der Waals surface area contributed by atoms with Crippen molar-refractivity contribution in [3.8, 4) is 0 Å². The Bertz CT molecular complexity index is 299. The molecule has 0 aliphatic heterocycles. The van der Waals surface area contributed by atoms with Crippen molar-refractivity contribution >= 4 is 0 Å². The predicted octanol–water partition coefficient (Wildman–Crippen LogP) is 3.39. The van der Waals surface area contributed by atoms with Gasteiger partial charge in [0.2, 0.25) is 0 Å². The molecule has 0 aromatic carbocycles. The molecule has 0 N–H and O–H groups in total. The van der Waals surface area contributed by atoms with Gasteiger partial charge in [0.25, 0.3) is 0 Å². The molecule has 0 spiro atoms. The smallest absolute Gasteiger partial charge is 0.00977 e. The van der Waals surface area contributed by atoms with Gasteiger partial charge in [0.1, 0.15) is 0 Å². The number of rotatable bonds is 1. The van der Waals surface area contributed by atoms with Gasteiger partial charge in [-0.15, -0.1) is 0 Å².